The Labute approximate surface area is 121 Å². The van der Waals surface area contributed by atoms with Crippen molar-refractivity contribution in [1.82, 2.24) is 0 Å². The van der Waals surface area contributed by atoms with E-state index in [1.807, 2.05) is 19.1 Å². The monoisotopic (exact) mass is 300 g/mol. The average molecular weight is 302 g/mol. The van der Waals surface area contributed by atoms with Crippen molar-refractivity contribution < 1.29 is 5.11 Å². The Kier molecular flexibility index (Phi) is 4.18. The second-order valence-corrected chi connectivity index (χ2v) is 5.19. The molecule has 1 atom stereocenters. The number of benzene rings is 2. The number of halogens is 3. The summed E-state index contributed by atoms with van der Waals surface area (Å²) in [6, 6.07) is 10.7. The van der Waals surface area contributed by atoms with E-state index >= 15 is 0 Å². The van der Waals surface area contributed by atoms with Gasteiger partial charge >= 0.3 is 0 Å². The van der Waals surface area contributed by atoms with E-state index < -0.39 is 6.10 Å². The number of rotatable bonds is 2. The van der Waals surface area contributed by atoms with Gasteiger partial charge in [-0.15, -0.1) is 0 Å². The molecule has 0 bridgehead atoms. The third-order valence-corrected chi connectivity index (χ3v) is 4.14. The maximum Gasteiger partial charge on any atom is 0.107 e. The van der Waals surface area contributed by atoms with Crippen LogP contribution < -0.4 is 0 Å². The molecule has 1 nitrogen and oxygen atoms in total. The van der Waals surface area contributed by atoms with E-state index in [1.165, 1.54) is 0 Å². The van der Waals surface area contributed by atoms with Crippen LogP contribution in [0.1, 0.15) is 22.8 Å². The van der Waals surface area contributed by atoms with E-state index in [0.29, 0.717) is 26.2 Å². The predicted molar refractivity (Wildman–Crippen MR) is 76.7 cm³/mol. The average Bonchev–Trinajstić information content (AvgIpc) is 2.35. The van der Waals surface area contributed by atoms with Gasteiger partial charge < -0.3 is 5.11 Å². The Bertz CT molecular complexity index is 530. The molecule has 0 saturated heterocycles. The zero-order valence-corrected chi connectivity index (χ0v) is 11.9. The summed E-state index contributed by atoms with van der Waals surface area (Å²) >= 11 is 18.2. The summed E-state index contributed by atoms with van der Waals surface area (Å²) in [5.41, 5.74) is 2.09. The Hall–Kier alpha value is -0.730. The molecule has 2 rings (SSSR count). The maximum absolute atomic E-state index is 10.4. The lowest BCUT2D eigenvalue weighted by atomic mass is 10.00. The number of aryl methyl sites for hydroxylation is 1. The fraction of sp³-hybridized carbons (Fsp3) is 0.143. The van der Waals surface area contributed by atoms with Crippen molar-refractivity contribution in [3.63, 3.8) is 0 Å². The van der Waals surface area contributed by atoms with Crippen molar-refractivity contribution in [2.75, 3.05) is 0 Å². The highest BCUT2D eigenvalue weighted by Gasteiger charge is 2.18. The van der Waals surface area contributed by atoms with Crippen LogP contribution in [0.4, 0.5) is 0 Å². The summed E-state index contributed by atoms with van der Waals surface area (Å²) in [6.45, 7) is 1.89. The molecule has 0 heterocycles. The van der Waals surface area contributed by atoms with Crippen molar-refractivity contribution in [1.29, 1.82) is 0 Å². The van der Waals surface area contributed by atoms with Gasteiger partial charge in [-0.05, 0) is 18.6 Å². The third kappa shape index (κ3) is 2.50. The lowest BCUT2D eigenvalue weighted by molar-refractivity contribution is 0.220. The van der Waals surface area contributed by atoms with Crippen LogP contribution in [-0.4, -0.2) is 5.11 Å². The van der Waals surface area contributed by atoms with E-state index in [4.69, 9.17) is 34.8 Å². The van der Waals surface area contributed by atoms with Gasteiger partial charge in [0.05, 0.1) is 10.0 Å². The van der Waals surface area contributed by atoms with Crippen molar-refractivity contribution in [2.24, 2.45) is 0 Å². The van der Waals surface area contributed by atoms with Crippen molar-refractivity contribution in [3.8, 4) is 0 Å². The molecular weight excluding hydrogens is 291 g/mol. The topological polar surface area (TPSA) is 20.2 Å². The van der Waals surface area contributed by atoms with Crippen LogP contribution in [0.5, 0.6) is 0 Å². The zero-order chi connectivity index (χ0) is 13.3. The molecule has 0 aromatic heterocycles. The molecule has 1 N–H and O–H groups in total. The molecule has 94 valence electrons. The van der Waals surface area contributed by atoms with Gasteiger partial charge in [0.2, 0.25) is 0 Å². The second kappa shape index (κ2) is 5.50. The highest BCUT2D eigenvalue weighted by Crippen LogP contribution is 2.36. The van der Waals surface area contributed by atoms with E-state index in [0.717, 1.165) is 5.56 Å². The molecule has 2 aromatic rings. The summed E-state index contributed by atoms with van der Waals surface area (Å²) in [5, 5.41) is 11.7. The molecule has 0 amide bonds. The Morgan fingerprint density at radius 1 is 0.889 bits per heavy atom. The molecule has 0 radical (unpaired) electrons. The minimum atomic E-state index is -0.886. The number of hydrogen-bond acceptors (Lipinski definition) is 1. The molecule has 0 aliphatic rings. The van der Waals surface area contributed by atoms with Gasteiger partial charge in [-0.3, -0.25) is 0 Å². The highest BCUT2D eigenvalue weighted by atomic mass is 35.5. The van der Waals surface area contributed by atoms with E-state index in [2.05, 4.69) is 0 Å². The predicted octanol–water partition coefficient (Wildman–Crippen LogP) is 5.04. The normalized spacial score (nSPS) is 12.5. The standard InChI is InChI=1S/C14H11Cl3O/c1-8-4-2-5-9(12(8)16)14(18)10-6-3-7-11(15)13(10)17/h2-7,14,18H,1H3. The van der Waals surface area contributed by atoms with Crippen molar-refractivity contribution >= 4 is 34.8 Å². The summed E-state index contributed by atoms with van der Waals surface area (Å²) in [4.78, 5) is 0. The van der Waals surface area contributed by atoms with Crippen LogP contribution in [0.25, 0.3) is 0 Å². The van der Waals surface area contributed by atoms with Gasteiger partial charge in [0, 0.05) is 16.1 Å². The first kappa shape index (κ1) is 13.7. The molecule has 0 fully saturated rings. The number of aliphatic hydroxyl groups excluding tert-OH is 1. The van der Waals surface area contributed by atoms with E-state index in [1.54, 1.807) is 24.3 Å². The fourth-order valence-electron chi connectivity index (χ4n) is 1.78. The smallest absolute Gasteiger partial charge is 0.107 e. The summed E-state index contributed by atoms with van der Waals surface area (Å²) in [7, 11) is 0. The van der Waals surface area contributed by atoms with Crippen LogP contribution in [0.3, 0.4) is 0 Å². The molecule has 0 aliphatic heterocycles. The SMILES string of the molecule is Cc1cccc(C(O)c2cccc(Cl)c2Cl)c1Cl. The quantitative estimate of drug-likeness (QED) is 0.824. The minimum absolute atomic E-state index is 0.351. The van der Waals surface area contributed by atoms with Gasteiger partial charge in [-0.25, -0.2) is 0 Å². The number of aliphatic hydroxyl groups is 1. The minimum Gasteiger partial charge on any atom is -0.384 e. The van der Waals surface area contributed by atoms with Crippen LogP contribution in [0, 0.1) is 6.92 Å². The van der Waals surface area contributed by atoms with E-state index in [-0.39, 0.29) is 0 Å². The summed E-state index contributed by atoms with van der Waals surface area (Å²) in [5.74, 6) is 0. The lowest BCUT2D eigenvalue weighted by Crippen LogP contribution is -2.02. The lowest BCUT2D eigenvalue weighted by Gasteiger charge is -2.16. The molecule has 2 aromatic carbocycles. The third-order valence-electron chi connectivity index (χ3n) is 2.79. The van der Waals surface area contributed by atoms with Gasteiger partial charge in [-0.2, -0.15) is 0 Å². The van der Waals surface area contributed by atoms with Crippen LogP contribution >= 0.6 is 34.8 Å². The molecule has 0 spiro atoms. The first-order valence-corrected chi connectivity index (χ1v) is 6.52. The van der Waals surface area contributed by atoms with Crippen LogP contribution in [0.2, 0.25) is 15.1 Å². The Morgan fingerprint density at radius 2 is 1.44 bits per heavy atom. The van der Waals surface area contributed by atoms with Gasteiger partial charge in [0.15, 0.2) is 0 Å². The molecule has 0 saturated carbocycles. The van der Waals surface area contributed by atoms with Crippen molar-refractivity contribution in [3.05, 3.63) is 68.2 Å². The van der Waals surface area contributed by atoms with E-state index in [9.17, 15) is 5.11 Å². The van der Waals surface area contributed by atoms with Crippen LogP contribution in [-0.2, 0) is 0 Å². The fourth-order valence-corrected chi connectivity index (χ4v) is 2.42. The summed E-state index contributed by atoms with van der Waals surface area (Å²) in [6.07, 6.45) is -0.886. The number of hydrogen-bond donors (Lipinski definition) is 1. The first-order valence-electron chi connectivity index (χ1n) is 5.39. The van der Waals surface area contributed by atoms with Crippen molar-refractivity contribution in [2.45, 2.75) is 13.0 Å². The molecule has 1 unspecified atom stereocenters. The van der Waals surface area contributed by atoms with Gasteiger partial charge in [0.25, 0.3) is 0 Å². The van der Waals surface area contributed by atoms with Crippen LogP contribution in [0.15, 0.2) is 36.4 Å². The summed E-state index contributed by atoms with van der Waals surface area (Å²) < 4.78 is 0. The first-order chi connectivity index (χ1) is 8.52. The Morgan fingerprint density at radius 3 is 2.11 bits per heavy atom. The van der Waals surface area contributed by atoms with Gasteiger partial charge in [-0.1, -0.05) is 65.1 Å². The molecule has 18 heavy (non-hydrogen) atoms. The molecule has 0 aliphatic carbocycles. The molecule has 4 heteroatoms. The maximum atomic E-state index is 10.4. The highest BCUT2D eigenvalue weighted by molar-refractivity contribution is 6.42. The largest absolute Gasteiger partial charge is 0.384 e. The van der Waals surface area contributed by atoms with Gasteiger partial charge in [0.1, 0.15) is 6.10 Å². The Balaban J connectivity index is 2.51. The zero-order valence-electron chi connectivity index (χ0n) is 9.62. The second-order valence-electron chi connectivity index (χ2n) is 4.02. The molecular formula is C14H11Cl3O.